The van der Waals surface area contributed by atoms with Crippen molar-refractivity contribution in [3.63, 3.8) is 0 Å². The van der Waals surface area contributed by atoms with Crippen LogP contribution in [0.3, 0.4) is 0 Å². The molecule has 5 heteroatoms. The van der Waals surface area contributed by atoms with E-state index >= 15 is 0 Å². The summed E-state index contributed by atoms with van der Waals surface area (Å²) in [6, 6.07) is 9.82. The zero-order valence-corrected chi connectivity index (χ0v) is 11.5. The van der Waals surface area contributed by atoms with E-state index in [1.54, 1.807) is 0 Å². The Morgan fingerprint density at radius 2 is 2.16 bits per heavy atom. The molecule has 1 aliphatic rings. The molecule has 2 unspecified atom stereocenters. The van der Waals surface area contributed by atoms with Gasteiger partial charge in [0.1, 0.15) is 10.9 Å². The van der Waals surface area contributed by atoms with Crippen LogP contribution in [0.5, 0.6) is 0 Å². The lowest BCUT2D eigenvalue weighted by molar-refractivity contribution is -0.158. The van der Waals surface area contributed by atoms with Gasteiger partial charge in [0.15, 0.2) is 0 Å². The van der Waals surface area contributed by atoms with Crippen molar-refractivity contribution in [3.8, 4) is 0 Å². The lowest BCUT2D eigenvalue weighted by Gasteiger charge is -2.36. The largest absolute Gasteiger partial charge is 0.481 e. The Morgan fingerprint density at radius 3 is 2.74 bits per heavy atom. The fraction of sp³-hybridized carbons (Fsp3) is 0.429. The van der Waals surface area contributed by atoms with Crippen LogP contribution in [0.4, 0.5) is 0 Å². The molecule has 0 radical (unpaired) electrons. The molecule has 0 aromatic heterocycles. The quantitative estimate of drug-likeness (QED) is 0.856. The molecule has 1 heterocycles. The minimum absolute atomic E-state index is 0.176. The lowest BCUT2D eigenvalue weighted by atomic mass is 9.98. The summed E-state index contributed by atoms with van der Waals surface area (Å²) in [4.78, 5) is 22.5. The smallest absolute Gasteiger partial charge is 0.320 e. The molecule has 102 valence electrons. The predicted octanol–water partition coefficient (Wildman–Crippen LogP) is 2.12. The fourth-order valence-corrected chi connectivity index (χ4v) is 3.26. The molecule has 2 atom stereocenters. The third-order valence-electron chi connectivity index (χ3n) is 2.98. The third-order valence-corrected chi connectivity index (χ3v) is 4.52. The van der Waals surface area contributed by atoms with Gasteiger partial charge in [0.25, 0.3) is 0 Å². The summed E-state index contributed by atoms with van der Waals surface area (Å²) in [7, 11) is 0. The second-order valence-electron chi connectivity index (χ2n) is 4.93. The summed E-state index contributed by atoms with van der Waals surface area (Å²) in [5.41, 5.74) is 0.549. The van der Waals surface area contributed by atoms with Crippen LogP contribution in [-0.2, 0) is 20.7 Å². The van der Waals surface area contributed by atoms with Crippen molar-refractivity contribution in [1.82, 2.24) is 0 Å². The van der Waals surface area contributed by atoms with Crippen LogP contribution in [-0.4, -0.2) is 33.6 Å². The number of carbonyl (C=O) groups is 2. The van der Waals surface area contributed by atoms with Crippen molar-refractivity contribution in [3.05, 3.63) is 35.9 Å². The Kier molecular flexibility index (Phi) is 4.14. The number of ether oxygens (including phenoxy) is 1. The van der Waals surface area contributed by atoms with Crippen LogP contribution in [0.25, 0.3) is 0 Å². The van der Waals surface area contributed by atoms with E-state index in [1.807, 2.05) is 37.3 Å². The highest BCUT2D eigenvalue weighted by Gasteiger charge is 2.39. The first-order chi connectivity index (χ1) is 8.98. The van der Waals surface area contributed by atoms with Crippen molar-refractivity contribution >= 4 is 23.7 Å². The van der Waals surface area contributed by atoms with Crippen molar-refractivity contribution in [1.29, 1.82) is 0 Å². The molecule has 2 rings (SSSR count). The van der Waals surface area contributed by atoms with E-state index in [4.69, 9.17) is 9.84 Å². The minimum atomic E-state index is -0.971. The molecule has 19 heavy (non-hydrogen) atoms. The number of cyclic esters (lactones) is 1. The van der Waals surface area contributed by atoms with Gasteiger partial charge in [-0.1, -0.05) is 30.3 Å². The molecule has 1 saturated heterocycles. The number of aliphatic carboxylic acids is 1. The fourth-order valence-electron chi connectivity index (χ4n) is 2.10. The second-order valence-corrected chi connectivity index (χ2v) is 6.12. The Bertz CT molecular complexity index is 474. The van der Waals surface area contributed by atoms with Gasteiger partial charge in [0.2, 0.25) is 0 Å². The number of hydrogen-bond donors (Lipinski definition) is 1. The van der Waals surface area contributed by atoms with Gasteiger partial charge >= 0.3 is 11.9 Å². The number of rotatable bonds is 4. The van der Waals surface area contributed by atoms with Crippen LogP contribution < -0.4 is 0 Å². The normalized spacial score (nSPS) is 26.8. The molecule has 1 aromatic carbocycles. The first-order valence-corrected chi connectivity index (χ1v) is 7.14. The van der Waals surface area contributed by atoms with E-state index in [2.05, 4.69) is 0 Å². The van der Waals surface area contributed by atoms with Gasteiger partial charge in [-0.15, -0.1) is 11.8 Å². The van der Waals surface area contributed by atoms with Crippen LogP contribution >= 0.6 is 11.8 Å². The van der Waals surface area contributed by atoms with Crippen molar-refractivity contribution < 1.29 is 19.4 Å². The predicted molar refractivity (Wildman–Crippen MR) is 73.1 cm³/mol. The Labute approximate surface area is 116 Å². The molecule has 1 fully saturated rings. The van der Waals surface area contributed by atoms with E-state index in [9.17, 15) is 9.59 Å². The molecular weight excluding hydrogens is 264 g/mol. The van der Waals surface area contributed by atoms with Gasteiger partial charge in [-0.05, 0) is 12.5 Å². The highest BCUT2D eigenvalue weighted by Crippen LogP contribution is 2.33. The van der Waals surface area contributed by atoms with Crippen LogP contribution in [0.2, 0.25) is 0 Å². The van der Waals surface area contributed by atoms with Crippen LogP contribution in [0.15, 0.2) is 30.3 Å². The van der Waals surface area contributed by atoms with E-state index in [1.165, 1.54) is 11.8 Å². The number of carboxylic acids is 1. The molecule has 0 bridgehead atoms. The maximum atomic E-state index is 11.8. The van der Waals surface area contributed by atoms with Crippen LogP contribution in [0.1, 0.15) is 18.9 Å². The van der Waals surface area contributed by atoms with E-state index in [0.717, 1.165) is 5.56 Å². The number of esters is 1. The van der Waals surface area contributed by atoms with Crippen molar-refractivity contribution in [2.45, 2.75) is 30.6 Å². The van der Waals surface area contributed by atoms with Gasteiger partial charge in [0.05, 0.1) is 6.42 Å². The van der Waals surface area contributed by atoms with E-state index < -0.39 is 22.8 Å². The molecular formula is C14H16O4S. The summed E-state index contributed by atoms with van der Waals surface area (Å²) in [5.74, 6) is -0.774. The standard InChI is InChI=1S/C14H16O4S/c1-14(8-10-5-3-2-4-6-10)9-19-11(7-12(15)16)13(17)18-14/h2-6,11H,7-9H2,1H3,(H,15,16). The summed E-state index contributed by atoms with van der Waals surface area (Å²) >= 11 is 1.37. The minimum Gasteiger partial charge on any atom is -0.481 e. The van der Waals surface area contributed by atoms with Gasteiger partial charge < -0.3 is 9.84 Å². The third kappa shape index (κ3) is 3.73. The first-order valence-electron chi connectivity index (χ1n) is 6.09. The van der Waals surface area contributed by atoms with Crippen molar-refractivity contribution in [2.75, 3.05) is 5.75 Å². The molecule has 1 aliphatic heterocycles. The number of thioether (sulfide) groups is 1. The SMILES string of the molecule is CC1(Cc2ccccc2)CSC(CC(=O)O)C(=O)O1. The highest BCUT2D eigenvalue weighted by molar-refractivity contribution is 8.00. The van der Waals surface area contributed by atoms with Crippen molar-refractivity contribution in [2.24, 2.45) is 0 Å². The number of carboxylic acid groups (broad SMARTS) is 1. The number of hydrogen-bond acceptors (Lipinski definition) is 4. The Hall–Kier alpha value is -1.49. The summed E-state index contributed by atoms with van der Waals surface area (Å²) in [6.07, 6.45) is 0.470. The molecule has 0 spiro atoms. The van der Waals surface area contributed by atoms with E-state index in [-0.39, 0.29) is 6.42 Å². The van der Waals surface area contributed by atoms with Crippen LogP contribution in [0, 0.1) is 0 Å². The monoisotopic (exact) mass is 280 g/mol. The van der Waals surface area contributed by atoms with Gasteiger partial charge in [-0.2, -0.15) is 0 Å². The van der Waals surface area contributed by atoms with Gasteiger partial charge in [0, 0.05) is 12.2 Å². The number of benzene rings is 1. The van der Waals surface area contributed by atoms with E-state index in [0.29, 0.717) is 12.2 Å². The maximum absolute atomic E-state index is 11.8. The Morgan fingerprint density at radius 1 is 1.47 bits per heavy atom. The number of carbonyl (C=O) groups excluding carboxylic acids is 1. The average molecular weight is 280 g/mol. The molecule has 4 nitrogen and oxygen atoms in total. The maximum Gasteiger partial charge on any atom is 0.320 e. The second kappa shape index (κ2) is 5.65. The molecule has 0 aliphatic carbocycles. The first kappa shape index (κ1) is 13.9. The molecule has 0 saturated carbocycles. The van der Waals surface area contributed by atoms with Gasteiger partial charge in [-0.25, -0.2) is 0 Å². The zero-order valence-electron chi connectivity index (χ0n) is 10.7. The molecule has 1 aromatic rings. The topological polar surface area (TPSA) is 63.6 Å². The highest BCUT2D eigenvalue weighted by atomic mass is 32.2. The molecule has 0 amide bonds. The summed E-state index contributed by atoms with van der Waals surface area (Å²) in [5, 5.41) is 8.15. The zero-order chi connectivity index (χ0) is 13.9. The average Bonchev–Trinajstić information content (AvgIpc) is 2.34. The summed E-state index contributed by atoms with van der Waals surface area (Å²) in [6.45, 7) is 1.89. The summed E-state index contributed by atoms with van der Waals surface area (Å²) < 4.78 is 5.47. The van der Waals surface area contributed by atoms with Gasteiger partial charge in [-0.3, -0.25) is 9.59 Å². The molecule has 1 N–H and O–H groups in total. The lowest BCUT2D eigenvalue weighted by Crippen LogP contribution is -2.45. The Balaban J connectivity index is 2.00.